The largest absolute Gasteiger partial charge is 0.327 e. The number of alkyl halides is 1. The van der Waals surface area contributed by atoms with Crippen molar-refractivity contribution < 1.29 is 0 Å². The van der Waals surface area contributed by atoms with E-state index in [-0.39, 0.29) is 18.4 Å². The van der Waals surface area contributed by atoms with Crippen molar-refractivity contribution in [2.24, 2.45) is 5.73 Å². The van der Waals surface area contributed by atoms with E-state index in [1.54, 1.807) is 0 Å². The van der Waals surface area contributed by atoms with Crippen LogP contribution in [0.5, 0.6) is 0 Å². The van der Waals surface area contributed by atoms with Crippen molar-refractivity contribution in [3.8, 4) is 0 Å². The van der Waals surface area contributed by atoms with Crippen LogP contribution >= 0.6 is 24.0 Å². The minimum absolute atomic E-state index is 0. The van der Waals surface area contributed by atoms with Crippen LogP contribution in [-0.4, -0.2) is 11.9 Å². The van der Waals surface area contributed by atoms with Crippen molar-refractivity contribution in [3.05, 3.63) is 0 Å². The average Bonchev–Trinajstić information content (AvgIpc) is 1.38. The first-order valence-electron chi connectivity index (χ1n) is 1.59. The summed E-state index contributed by atoms with van der Waals surface area (Å²) in [4.78, 5) is 0. The Balaban J connectivity index is 0. The lowest BCUT2D eigenvalue weighted by atomic mass is 10.4. The number of nitrogens with two attached hydrogens (primary N) is 1. The standard InChI is InChI=1S/C3H8ClN.ClH/c1-3(5)2-4;/h3H,2,5H2,1H3;1H/t3-;/m0./s1. The maximum Gasteiger partial charge on any atom is 0.0372 e. The predicted molar refractivity (Wildman–Crippen MR) is 31.6 cm³/mol. The third kappa shape index (κ3) is 8.82. The fourth-order valence-corrected chi connectivity index (χ4v) is 0. The third-order valence-corrected chi connectivity index (χ3v) is 0.730. The summed E-state index contributed by atoms with van der Waals surface area (Å²) in [7, 11) is 0. The van der Waals surface area contributed by atoms with Crippen molar-refractivity contribution in [2.75, 3.05) is 5.88 Å². The van der Waals surface area contributed by atoms with Crippen molar-refractivity contribution in [1.29, 1.82) is 0 Å². The fourth-order valence-electron chi connectivity index (χ4n) is 0. The molecule has 0 amide bonds. The minimum atomic E-state index is 0. The molecule has 0 radical (unpaired) electrons. The van der Waals surface area contributed by atoms with Gasteiger partial charge in [-0.25, -0.2) is 0 Å². The fraction of sp³-hybridized carbons (Fsp3) is 1.00. The van der Waals surface area contributed by atoms with Gasteiger partial charge in [-0.15, -0.1) is 24.0 Å². The molecule has 0 aliphatic rings. The normalized spacial score (nSPS) is 12.5. The van der Waals surface area contributed by atoms with Gasteiger partial charge in [-0.1, -0.05) is 0 Å². The Labute approximate surface area is 49.3 Å². The molecule has 0 heterocycles. The van der Waals surface area contributed by atoms with Gasteiger partial charge >= 0.3 is 0 Å². The van der Waals surface area contributed by atoms with Crippen molar-refractivity contribution >= 4 is 24.0 Å². The lowest BCUT2D eigenvalue weighted by Gasteiger charge is -1.89. The van der Waals surface area contributed by atoms with Gasteiger partial charge in [0.15, 0.2) is 0 Å². The Hall–Kier alpha value is 0.540. The molecule has 40 valence electrons. The summed E-state index contributed by atoms with van der Waals surface area (Å²) in [5, 5.41) is 0. The number of rotatable bonds is 1. The lowest BCUT2D eigenvalue weighted by Crippen LogP contribution is -2.15. The summed E-state index contributed by atoms with van der Waals surface area (Å²) in [5.41, 5.74) is 5.16. The molecule has 2 N–H and O–H groups in total. The van der Waals surface area contributed by atoms with Crippen LogP contribution in [0.4, 0.5) is 0 Å². The first-order valence-corrected chi connectivity index (χ1v) is 2.12. The molecule has 0 aromatic carbocycles. The maximum absolute atomic E-state index is 5.21. The lowest BCUT2D eigenvalue weighted by molar-refractivity contribution is 0.842. The Morgan fingerprint density at radius 3 is 2.00 bits per heavy atom. The van der Waals surface area contributed by atoms with E-state index in [2.05, 4.69) is 0 Å². The summed E-state index contributed by atoms with van der Waals surface area (Å²) >= 11 is 5.21. The molecule has 0 aromatic heterocycles. The Bertz CT molecular complexity index is 22.8. The molecule has 0 aliphatic heterocycles. The van der Waals surface area contributed by atoms with Gasteiger partial charge in [0.05, 0.1) is 0 Å². The summed E-state index contributed by atoms with van der Waals surface area (Å²) in [5.74, 6) is 0.556. The highest BCUT2D eigenvalue weighted by molar-refractivity contribution is 6.18. The van der Waals surface area contributed by atoms with E-state index in [0.717, 1.165) is 0 Å². The molecule has 6 heavy (non-hydrogen) atoms. The first kappa shape index (κ1) is 9.74. The molecule has 0 aliphatic carbocycles. The third-order valence-electron chi connectivity index (χ3n) is 0.243. The predicted octanol–water partition coefficient (Wildman–Crippen LogP) is 0.994. The summed E-state index contributed by atoms with van der Waals surface area (Å²) in [6.07, 6.45) is 0. The Kier molecular flexibility index (Phi) is 8.99. The highest BCUT2D eigenvalue weighted by Gasteiger charge is 1.81. The zero-order chi connectivity index (χ0) is 4.28. The van der Waals surface area contributed by atoms with Gasteiger partial charge in [-0.3, -0.25) is 0 Å². The second-order valence-corrected chi connectivity index (χ2v) is 1.44. The Morgan fingerprint density at radius 1 is 1.83 bits per heavy atom. The van der Waals surface area contributed by atoms with E-state index < -0.39 is 0 Å². The molecule has 0 bridgehead atoms. The van der Waals surface area contributed by atoms with Crippen LogP contribution in [0.3, 0.4) is 0 Å². The van der Waals surface area contributed by atoms with Crippen molar-refractivity contribution in [3.63, 3.8) is 0 Å². The maximum atomic E-state index is 5.21. The molecule has 0 spiro atoms. The summed E-state index contributed by atoms with van der Waals surface area (Å²) in [6, 6.07) is 0.150. The van der Waals surface area contributed by atoms with Gasteiger partial charge in [-0.05, 0) is 6.92 Å². The van der Waals surface area contributed by atoms with Gasteiger partial charge in [0.1, 0.15) is 0 Å². The van der Waals surface area contributed by atoms with Gasteiger partial charge in [-0.2, -0.15) is 0 Å². The molecular weight excluding hydrogens is 121 g/mol. The molecule has 0 fully saturated rings. The molecule has 1 nitrogen and oxygen atoms in total. The van der Waals surface area contributed by atoms with Crippen molar-refractivity contribution in [1.82, 2.24) is 0 Å². The molecule has 0 aromatic rings. The van der Waals surface area contributed by atoms with Crippen LogP contribution in [0.1, 0.15) is 6.92 Å². The first-order chi connectivity index (χ1) is 2.27. The van der Waals surface area contributed by atoms with Crippen LogP contribution in [0.2, 0.25) is 0 Å². The zero-order valence-corrected chi connectivity index (χ0v) is 5.22. The van der Waals surface area contributed by atoms with E-state index in [9.17, 15) is 0 Å². The highest BCUT2D eigenvalue weighted by atomic mass is 35.5. The topological polar surface area (TPSA) is 26.0 Å². The second kappa shape index (κ2) is 5.54. The van der Waals surface area contributed by atoms with E-state index >= 15 is 0 Å². The smallest absolute Gasteiger partial charge is 0.0372 e. The molecular formula is C3H9Cl2N. The molecule has 3 heteroatoms. The van der Waals surface area contributed by atoms with E-state index in [1.165, 1.54) is 0 Å². The summed E-state index contributed by atoms with van der Waals surface area (Å²) in [6.45, 7) is 1.87. The van der Waals surface area contributed by atoms with Crippen molar-refractivity contribution in [2.45, 2.75) is 13.0 Å². The number of halogens is 2. The van der Waals surface area contributed by atoms with Crippen LogP contribution in [0.25, 0.3) is 0 Å². The number of hydrogen-bond donors (Lipinski definition) is 1. The van der Waals surface area contributed by atoms with Gasteiger partial charge < -0.3 is 5.73 Å². The van der Waals surface area contributed by atoms with Gasteiger partial charge in [0, 0.05) is 11.9 Å². The SMILES string of the molecule is C[C@H](N)CCl.Cl. The molecule has 0 saturated carbocycles. The van der Waals surface area contributed by atoms with E-state index in [0.29, 0.717) is 5.88 Å². The van der Waals surface area contributed by atoms with Crippen LogP contribution in [0, 0.1) is 0 Å². The highest BCUT2D eigenvalue weighted by Crippen LogP contribution is 1.76. The quantitative estimate of drug-likeness (QED) is 0.526. The second-order valence-electron chi connectivity index (χ2n) is 1.13. The minimum Gasteiger partial charge on any atom is -0.327 e. The molecule has 0 saturated heterocycles. The van der Waals surface area contributed by atoms with Crippen LogP contribution in [-0.2, 0) is 0 Å². The average molecular weight is 130 g/mol. The Morgan fingerprint density at radius 2 is 2.00 bits per heavy atom. The molecule has 1 atom stereocenters. The molecule has 0 unspecified atom stereocenters. The van der Waals surface area contributed by atoms with Gasteiger partial charge in [0.25, 0.3) is 0 Å². The monoisotopic (exact) mass is 129 g/mol. The van der Waals surface area contributed by atoms with E-state index in [1.807, 2.05) is 6.92 Å². The van der Waals surface area contributed by atoms with E-state index in [4.69, 9.17) is 17.3 Å². The van der Waals surface area contributed by atoms with Crippen LogP contribution in [0.15, 0.2) is 0 Å². The zero-order valence-electron chi connectivity index (χ0n) is 3.65. The van der Waals surface area contributed by atoms with Crippen LogP contribution < -0.4 is 5.73 Å². The summed E-state index contributed by atoms with van der Waals surface area (Å²) < 4.78 is 0. The molecule has 0 rings (SSSR count). The number of hydrogen-bond acceptors (Lipinski definition) is 1. The van der Waals surface area contributed by atoms with Gasteiger partial charge in [0.2, 0.25) is 0 Å².